The molecule has 0 radical (unpaired) electrons. The van der Waals surface area contributed by atoms with Crippen LogP contribution in [-0.2, 0) is 16.0 Å². The highest BCUT2D eigenvalue weighted by molar-refractivity contribution is 5.88. The highest BCUT2D eigenvalue weighted by Crippen LogP contribution is 2.38. The summed E-state index contributed by atoms with van der Waals surface area (Å²) in [6.07, 6.45) is -4.73. The molecule has 0 bridgehead atoms. The molecule has 1 aliphatic rings. The van der Waals surface area contributed by atoms with Gasteiger partial charge in [-0.05, 0) is 81.0 Å². The van der Waals surface area contributed by atoms with Crippen LogP contribution in [0.5, 0.6) is 0 Å². The van der Waals surface area contributed by atoms with Crippen LogP contribution in [0.15, 0.2) is 78.0 Å². The third-order valence-electron chi connectivity index (χ3n) is 6.53. The van der Waals surface area contributed by atoms with Crippen molar-refractivity contribution >= 4 is 29.0 Å². The lowest BCUT2D eigenvalue weighted by Crippen LogP contribution is -2.09. The van der Waals surface area contributed by atoms with Gasteiger partial charge < -0.3 is 10.1 Å². The number of aldehydes is 1. The molecular formula is C34H38F8N2O2. The normalized spacial score (nSPS) is 13.7. The first-order chi connectivity index (χ1) is 21.5. The van der Waals surface area contributed by atoms with Crippen LogP contribution in [0.4, 0.5) is 40.8 Å². The second-order valence-corrected chi connectivity index (χ2v) is 9.88. The van der Waals surface area contributed by atoms with Gasteiger partial charge in [-0.25, -0.2) is 8.78 Å². The summed E-state index contributed by atoms with van der Waals surface area (Å²) in [5.41, 5.74) is 5.33. The van der Waals surface area contributed by atoms with E-state index in [4.69, 9.17) is 9.53 Å². The molecule has 0 saturated carbocycles. The lowest BCUT2D eigenvalue weighted by molar-refractivity contribution is -0.156. The molecule has 0 fully saturated rings. The maximum atomic E-state index is 12.8. The standard InChI is InChI=1S/C24H29F3N2O.C8H8F2.C2HF3O/c1-6-21(24(25,26)27)15-29-16(3)11-18-9-8-10-23(18)20-12-19(17(4)30-7-2)13-22(14-20)28-5;1-2-6-7(9)4-3-5-8(6)10;3-2(4,5)1-6/h6,12-15,28H,1,4,7-11H2,2-3,5H3;3-5H,2H2,1H3;1H/b21-15+,29-16?;;. The molecule has 1 N–H and O–H groups in total. The predicted molar refractivity (Wildman–Crippen MR) is 167 cm³/mol. The van der Waals surface area contributed by atoms with E-state index in [1.54, 1.807) is 13.8 Å². The summed E-state index contributed by atoms with van der Waals surface area (Å²) in [5.74, 6) is -0.298. The highest BCUT2D eigenvalue weighted by atomic mass is 19.4. The molecule has 3 rings (SSSR count). The summed E-state index contributed by atoms with van der Waals surface area (Å²) < 4.78 is 101. The van der Waals surface area contributed by atoms with E-state index in [2.05, 4.69) is 35.6 Å². The summed E-state index contributed by atoms with van der Waals surface area (Å²) >= 11 is 0. The number of halogens is 8. The third kappa shape index (κ3) is 13.4. The molecule has 0 atom stereocenters. The van der Waals surface area contributed by atoms with Gasteiger partial charge in [-0.15, -0.1) is 0 Å². The van der Waals surface area contributed by atoms with Crippen LogP contribution in [0.1, 0.15) is 63.1 Å². The van der Waals surface area contributed by atoms with Gasteiger partial charge in [0.25, 0.3) is 0 Å². The second-order valence-electron chi connectivity index (χ2n) is 9.88. The van der Waals surface area contributed by atoms with Gasteiger partial charge in [0, 0.05) is 42.2 Å². The number of benzene rings is 2. The first-order valence-electron chi connectivity index (χ1n) is 14.3. The van der Waals surface area contributed by atoms with Gasteiger partial charge in [-0.3, -0.25) is 9.79 Å². The van der Waals surface area contributed by atoms with Crippen LogP contribution in [0, 0.1) is 11.6 Å². The fourth-order valence-electron chi connectivity index (χ4n) is 4.36. The van der Waals surface area contributed by atoms with Crippen molar-refractivity contribution in [2.45, 2.75) is 65.2 Å². The van der Waals surface area contributed by atoms with Gasteiger partial charge in [-0.2, -0.15) is 26.3 Å². The molecule has 46 heavy (non-hydrogen) atoms. The predicted octanol–water partition coefficient (Wildman–Crippen LogP) is 10.4. The van der Waals surface area contributed by atoms with Crippen LogP contribution in [0.2, 0.25) is 0 Å². The topological polar surface area (TPSA) is 50.7 Å². The lowest BCUT2D eigenvalue weighted by Gasteiger charge is -2.14. The van der Waals surface area contributed by atoms with Crippen LogP contribution < -0.4 is 5.32 Å². The van der Waals surface area contributed by atoms with Crippen molar-refractivity contribution in [3.63, 3.8) is 0 Å². The lowest BCUT2D eigenvalue weighted by atomic mass is 9.96. The van der Waals surface area contributed by atoms with Crippen LogP contribution in [-0.4, -0.2) is 38.0 Å². The van der Waals surface area contributed by atoms with Gasteiger partial charge in [0.15, 0.2) is 0 Å². The molecule has 0 aromatic heterocycles. The Kier molecular flexibility index (Phi) is 16.2. The van der Waals surface area contributed by atoms with Gasteiger partial charge in [0.1, 0.15) is 17.4 Å². The summed E-state index contributed by atoms with van der Waals surface area (Å²) in [7, 11) is 1.86. The summed E-state index contributed by atoms with van der Waals surface area (Å²) in [5, 5.41) is 3.17. The number of nitrogens with one attached hydrogen (secondary N) is 1. The average molecular weight is 659 g/mol. The maximum Gasteiger partial charge on any atom is 0.446 e. The number of carbonyl (C=O) groups is 1. The van der Waals surface area contributed by atoms with Crippen LogP contribution in [0.3, 0.4) is 0 Å². The molecule has 0 amide bonds. The van der Waals surface area contributed by atoms with E-state index in [-0.39, 0.29) is 5.56 Å². The SMILES string of the molecule is C=C/C(=C\N=C(C)CC1=C(c2cc(NC)cc(C(=C)OCC)c2)CCC1)C(F)(F)F.CCc1c(F)cccc1F.O=CC(F)(F)F. The van der Waals surface area contributed by atoms with Gasteiger partial charge >= 0.3 is 12.4 Å². The molecular weight excluding hydrogens is 620 g/mol. The number of ether oxygens (including phenoxy) is 1. The zero-order valence-corrected chi connectivity index (χ0v) is 26.1. The Hall–Kier alpha value is -4.22. The molecule has 12 heteroatoms. The minimum absolute atomic E-state index is 0.169. The van der Waals surface area contributed by atoms with E-state index >= 15 is 0 Å². The highest BCUT2D eigenvalue weighted by Gasteiger charge is 2.31. The first-order valence-corrected chi connectivity index (χ1v) is 14.3. The largest absolute Gasteiger partial charge is 0.494 e. The molecule has 0 unspecified atom stereocenters. The monoisotopic (exact) mass is 658 g/mol. The summed E-state index contributed by atoms with van der Waals surface area (Å²) in [4.78, 5) is 12.7. The van der Waals surface area contributed by atoms with E-state index < -0.39 is 35.8 Å². The number of hydrogen-bond acceptors (Lipinski definition) is 4. The molecule has 2 aromatic carbocycles. The van der Waals surface area contributed by atoms with Crippen molar-refractivity contribution in [3.05, 3.63) is 101 Å². The smallest absolute Gasteiger partial charge is 0.446 e. The fraction of sp³-hybridized carbons (Fsp3) is 0.353. The maximum absolute atomic E-state index is 12.8. The molecule has 0 aliphatic heterocycles. The Labute approximate surface area is 264 Å². The molecule has 252 valence electrons. The quantitative estimate of drug-likeness (QED) is 0.0909. The van der Waals surface area contributed by atoms with Crippen molar-refractivity contribution in [2.24, 2.45) is 4.99 Å². The zero-order valence-electron chi connectivity index (χ0n) is 26.1. The number of aliphatic imine (C=N–C) groups is 1. The van der Waals surface area contributed by atoms with Crippen molar-refractivity contribution < 1.29 is 44.7 Å². The van der Waals surface area contributed by atoms with Crippen molar-refractivity contribution in [1.29, 1.82) is 0 Å². The summed E-state index contributed by atoms with van der Waals surface area (Å²) in [6.45, 7) is 13.2. The van der Waals surface area contributed by atoms with E-state index in [1.165, 1.54) is 29.3 Å². The van der Waals surface area contributed by atoms with E-state index in [0.717, 1.165) is 48.4 Å². The number of nitrogens with zero attached hydrogens (tertiary/aromatic N) is 1. The van der Waals surface area contributed by atoms with Crippen LogP contribution in [0.25, 0.3) is 11.3 Å². The number of hydrogen-bond donors (Lipinski definition) is 1. The average Bonchev–Trinajstić information content (AvgIpc) is 3.45. The minimum Gasteiger partial charge on any atom is -0.494 e. The Morgan fingerprint density at radius 3 is 2.11 bits per heavy atom. The number of carbonyl (C=O) groups excluding carboxylic acids is 1. The number of rotatable bonds is 10. The van der Waals surface area contributed by atoms with Crippen molar-refractivity contribution in [3.8, 4) is 0 Å². The molecule has 0 spiro atoms. The third-order valence-corrected chi connectivity index (χ3v) is 6.53. The zero-order chi connectivity index (χ0) is 35.1. The Morgan fingerprint density at radius 2 is 1.65 bits per heavy atom. The van der Waals surface area contributed by atoms with Crippen molar-refractivity contribution in [1.82, 2.24) is 0 Å². The Bertz CT molecular complexity index is 1420. The molecule has 1 aliphatic carbocycles. The Balaban J connectivity index is 0.000000538. The molecule has 0 heterocycles. The van der Waals surface area contributed by atoms with E-state index in [9.17, 15) is 35.1 Å². The number of alkyl halides is 6. The minimum atomic E-state index is -4.64. The van der Waals surface area contributed by atoms with Crippen LogP contribution >= 0.6 is 0 Å². The summed E-state index contributed by atoms with van der Waals surface area (Å²) in [6, 6.07) is 10.0. The second kappa shape index (κ2) is 18.7. The van der Waals surface area contributed by atoms with E-state index in [1.807, 2.05) is 20.0 Å². The number of anilines is 1. The van der Waals surface area contributed by atoms with Gasteiger partial charge in [-0.1, -0.05) is 37.8 Å². The van der Waals surface area contributed by atoms with Gasteiger partial charge in [0.2, 0.25) is 6.29 Å². The molecule has 4 nitrogen and oxygen atoms in total. The number of allylic oxidation sites excluding steroid dienone is 4. The Morgan fingerprint density at radius 1 is 1.04 bits per heavy atom. The fourth-order valence-corrected chi connectivity index (χ4v) is 4.36. The molecule has 2 aromatic rings. The van der Waals surface area contributed by atoms with E-state index in [0.29, 0.717) is 30.9 Å². The molecule has 0 saturated heterocycles. The van der Waals surface area contributed by atoms with Crippen molar-refractivity contribution in [2.75, 3.05) is 19.0 Å². The first kappa shape index (κ1) is 39.8. The van der Waals surface area contributed by atoms with Gasteiger partial charge in [0.05, 0.1) is 12.2 Å².